The highest BCUT2D eigenvalue weighted by Crippen LogP contribution is 2.54. The van der Waals surface area contributed by atoms with E-state index in [-0.39, 0.29) is 49.3 Å². The Morgan fingerprint density at radius 2 is 0.792 bits per heavy atom. The van der Waals surface area contributed by atoms with E-state index in [0.717, 1.165) is 0 Å². The monoisotopic (exact) mass is 753 g/mol. The minimum atomic E-state index is -1.17. The molecule has 0 radical (unpaired) electrons. The average molecular weight is 754 g/mol. The van der Waals surface area contributed by atoms with Gasteiger partial charge in [-0.1, -0.05) is 135 Å². The first-order valence-corrected chi connectivity index (χ1v) is 21.2. The second kappa shape index (κ2) is 19.1. The number of hydrogen-bond donors (Lipinski definition) is 3. The van der Waals surface area contributed by atoms with Gasteiger partial charge in [-0.05, 0) is 69.2 Å². The van der Waals surface area contributed by atoms with Gasteiger partial charge in [-0.15, -0.1) is 0 Å². The Balaban J connectivity index is 1.62. The maximum atomic E-state index is 15.0. The number of aliphatic carboxylic acids is 3. The summed E-state index contributed by atoms with van der Waals surface area (Å²) in [5.74, 6) is -7.26. The van der Waals surface area contributed by atoms with Crippen LogP contribution in [0.5, 0.6) is 0 Å². The van der Waals surface area contributed by atoms with Crippen LogP contribution in [0.4, 0.5) is 0 Å². The van der Waals surface area contributed by atoms with Crippen molar-refractivity contribution >= 4 is 60.9 Å². The van der Waals surface area contributed by atoms with E-state index >= 15 is 0 Å². The molecule has 278 valence electrons. The second-order valence-electron chi connectivity index (χ2n) is 13.8. The summed E-state index contributed by atoms with van der Waals surface area (Å²) in [5, 5.41) is 35.0. The smallest absolute Gasteiger partial charge is 0.306 e. The zero-order chi connectivity index (χ0) is 37.9. The van der Waals surface area contributed by atoms with Crippen LogP contribution >= 0.6 is 15.8 Å². The summed E-state index contributed by atoms with van der Waals surface area (Å²) in [6, 6.07) is 41.8. The number of nitrogens with zero attached hydrogens (tertiary/aromatic N) is 1. The van der Waals surface area contributed by atoms with Crippen molar-refractivity contribution in [2.45, 2.75) is 57.3 Å². The lowest BCUT2D eigenvalue weighted by atomic mass is 9.81. The van der Waals surface area contributed by atoms with Crippen LogP contribution in [-0.4, -0.2) is 68.4 Å². The lowest BCUT2D eigenvalue weighted by Gasteiger charge is -2.34. The Hall–Kier alpha value is -4.38. The Morgan fingerprint density at radius 3 is 1.08 bits per heavy atom. The van der Waals surface area contributed by atoms with Gasteiger partial charge in [0.2, 0.25) is 5.91 Å². The number of carbonyl (C=O) groups is 4. The maximum Gasteiger partial charge on any atom is 0.306 e. The van der Waals surface area contributed by atoms with Gasteiger partial charge in [0.05, 0.1) is 17.8 Å². The lowest BCUT2D eigenvalue weighted by Crippen LogP contribution is -2.39. The first-order chi connectivity index (χ1) is 25.6. The molecule has 1 fully saturated rings. The molecule has 6 unspecified atom stereocenters. The number of benzene rings is 4. The lowest BCUT2D eigenvalue weighted by molar-refractivity contribution is -0.147. The Kier molecular flexibility index (Phi) is 14.3. The van der Waals surface area contributed by atoms with Crippen LogP contribution in [0.15, 0.2) is 121 Å². The van der Waals surface area contributed by atoms with Gasteiger partial charge in [-0.2, -0.15) is 0 Å². The van der Waals surface area contributed by atoms with Crippen molar-refractivity contribution in [3.8, 4) is 0 Å². The van der Waals surface area contributed by atoms with E-state index in [1.807, 2.05) is 29.2 Å². The Morgan fingerprint density at radius 1 is 0.509 bits per heavy atom. The number of rotatable bonds is 18. The van der Waals surface area contributed by atoms with Gasteiger partial charge < -0.3 is 20.2 Å². The van der Waals surface area contributed by atoms with Crippen molar-refractivity contribution < 1.29 is 34.5 Å². The van der Waals surface area contributed by atoms with E-state index in [4.69, 9.17) is 0 Å². The molecule has 1 saturated heterocycles. The van der Waals surface area contributed by atoms with Crippen molar-refractivity contribution in [3.63, 3.8) is 0 Å². The van der Waals surface area contributed by atoms with Crippen LogP contribution in [0.2, 0.25) is 0 Å². The predicted octanol–water partition coefficient (Wildman–Crippen LogP) is 6.54. The highest BCUT2D eigenvalue weighted by atomic mass is 31.1. The van der Waals surface area contributed by atoms with Crippen LogP contribution in [0.25, 0.3) is 0 Å². The third-order valence-electron chi connectivity index (χ3n) is 10.5. The molecule has 53 heavy (non-hydrogen) atoms. The Bertz CT molecular complexity index is 1620. The number of carbonyl (C=O) groups excluding carboxylic acids is 1. The summed E-state index contributed by atoms with van der Waals surface area (Å²) < 4.78 is 0. The van der Waals surface area contributed by atoms with Crippen molar-refractivity contribution in [2.24, 2.45) is 23.7 Å². The number of likely N-dealkylation sites (tertiary alicyclic amines) is 1. The van der Waals surface area contributed by atoms with Crippen LogP contribution in [0.3, 0.4) is 0 Å². The summed E-state index contributed by atoms with van der Waals surface area (Å²) in [5.41, 5.74) is 0.0539. The predicted molar refractivity (Wildman–Crippen MR) is 214 cm³/mol. The minimum Gasteiger partial charge on any atom is -0.481 e. The third kappa shape index (κ3) is 9.99. The zero-order valence-electron chi connectivity index (χ0n) is 30.3. The fourth-order valence-corrected chi connectivity index (χ4v) is 14.1. The first kappa shape index (κ1) is 39.8. The fraction of sp³-hybridized carbons (Fsp3) is 0.349. The second-order valence-corrected chi connectivity index (χ2v) is 18.7. The van der Waals surface area contributed by atoms with Crippen LogP contribution in [0, 0.1) is 23.7 Å². The number of hydrogen-bond acceptors (Lipinski definition) is 4. The minimum absolute atomic E-state index is 0.0115. The molecule has 0 saturated carbocycles. The summed E-state index contributed by atoms with van der Waals surface area (Å²) in [6.45, 7) is 4.33. The summed E-state index contributed by atoms with van der Waals surface area (Å²) in [7, 11) is -1.97. The standard InChI is InChI=1S/C43H49NO7P2/c1-3-30(41(46)47)25-32(27-33(43(50)51)26-31(4-2)42(48)49)40(45)44-28-38(52(34-17-9-5-10-18-34)35-19-11-6-12-20-35)39(29-44)53(36-21-13-7-14-22-36)37-23-15-8-16-24-37/h5-24,30-33,38-39H,3-4,25-29H2,1-2H3,(H,46,47)(H,48,49)(H,50,51). The van der Waals surface area contributed by atoms with E-state index in [9.17, 15) is 34.5 Å². The topological polar surface area (TPSA) is 132 Å². The van der Waals surface area contributed by atoms with E-state index in [1.54, 1.807) is 13.8 Å². The molecule has 10 heteroatoms. The number of carboxylic acid groups (broad SMARTS) is 3. The van der Waals surface area contributed by atoms with Crippen molar-refractivity contribution in [1.82, 2.24) is 4.90 Å². The van der Waals surface area contributed by atoms with Gasteiger partial charge >= 0.3 is 17.9 Å². The van der Waals surface area contributed by atoms with Crippen molar-refractivity contribution in [2.75, 3.05) is 13.1 Å². The SMILES string of the molecule is CCC(CC(CC(CC(CC)C(=O)O)C(=O)N1CC(P(c2ccccc2)c2ccccc2)C(P(c2ccccc2)c2ccccc2)C1)C(=O)O)C(=O)O. The molecule has 5 rings (SSSR count). The van der Waals surface area contributed by atoms with Gasteiger partial charge in [0, 0.05) is 30.3 Å². The average Bonchev–Trinajstić information content (AvgIpc) is 3.59. The van der Waals surface area contributed by atoms with Crippen LogP contribution < -0.4 is 21.2 Å². The molecule has 6 atom stereocenters. The van der Waals surface area contributed by atoms with Gasteiger partial charge in [0.25, 0.3) is 0 Å². The molecule has 1 aliphatic rings. The third-order valence-corrected chi connectivity index (χ3v) is 16.5. The summed E-state index contributed by atoms with van der Waals surface area (Å²) in [6.07, 6.45) is 0.287. The highest BCUT2D eigenvalue weighted by Gasteiger charge is 2.47. The molecule has 0 aromatic heterocycles. The maximum absolute atomic E-state index is 15.0. The van der Waals surface area contributed by atoms with E-state index in [1.165, 1.54) is 21.2 Å². The van der Waals surface area contributed by atoms with E-state index in [0.29, 0.717) is 13.1 Å². The molecule has 1 heterocycles. The van der Waals surface area contributed by atoms with Crippen LogP contribution in [0.1, 0.15) is 46.0 Å². The summed E-state index contributed by atoms with van der Waals surface area (Å²) in [4.78, 5) is 53.8. The molecular weight excluding hydrogens is 704 g/mol. The molecule has 1 amide bonds. The molecule has 4 aromatic rings. The van der Waals surface area contributed by atoms with Gasteiger partial charge in [-0.3, -0.25) is 19.2 Å². The molecule has 4 aromatic carbocycles. The quantitative estimate of drug-likeness (QED) is 0.0984. The summed E-state index contributed by atoms with van der Waals surface area (Å²) >= 11 is 0. The van der Waals surface area contributed by atoms with E-state index < -0.39 is 57.4 Å². The van der Waals surface area contributed by atoms with Gasteiger partial charge in [0.15, 0.2) is 0 Å². The van der Waals surface area contributed by atoms with Crippen molar-refractivity contribution in [1.29, 1.82) is 0 Å². The van der Waals surface area contributed by atoms with Crippen molar-refractivity contribution in [3.05, 3.63) is 121 Å². The van der Waals surface area contributed by atoms with Gasteiger partial charge in [-0.25, -0.2) is 0 Å². The fourth-order valence-electron chi connectivity index (χ4n) is 7.64. The molecule has 0 aliphatic carbocycles. The zero-order valence-corrected chi connectivity index (χ0v) is 32.1. The molecule has 1 aliphatic heterocycles. The molecule has 3 N–H and O–H groups in total. The normalized spacial score (nSPS) is 18.0. The number of carboxylic acids is 3. The first-order valence-electron chi connectivity index (χ1n) is 18.4. The molecular formula is C43H49NO7P2. The highest BCUT2D eigenvalue weighted by molar-refractivity contribution is 7.77. The molecule has 0 spiro atoms. The molecule has 8 nitrogen and oxygen atoms in total. The van der Waals surface area contributed by atoms with Gasteiger partial charge in [0.1, 0.15) is 0 Å². The largest absolute Gasteiger partial charge is 0.481 e. The molecule has 0 bridgehead atoms. The number of amides is 1. The van der Waals surface area contributed by atoms with E-state index in [2.05, 4.69) is 97.1 Å². The van der Waals surface area contributed by atoms with Crippen LogP contribution in [-0.2, 0) is 19.2 Å². The Labute approximate surface area is 314 Å².